The van der Waals surface area contributed by atoms with Crippen LogP contribution in [0.25, 0.3) is 22.7 Å². The largest absolute Gasteiger partial charge is 2.00 e. The molecule has 10 heterocycles. The monoisotopic (exact) mass is 1180 g/mol. The summed E-state index contributed by atoms with van der Waals surface area (Å²) in [6.45, 7) is -0.351. The third-order valence-corrected chi connectivity index (χ3v) is 15.3. The molecule has 4 aliphatic heterocycles. The zero-order valence-electron chi connectivity index (χ0n) is 29.3. The number of benzene rings is 3. The zero-order chi connectivity index (χ0) is 36.5. The van der Waals surface area contributed by atoms with Gasteiger partial charge in [-0.1, -0.05) is 12.4 Å². The van der Waals surface area contributed by atoms with E-state index < -0.39 is 0 Å². The van der Waals surface area contributed by atoms with Crippen molar-refractivity contribution in [1.82, 2.24) is 49.1 Å². The Labute approximate surface area is 378 Å². The summed E-state index contributed by atoms with van der Waals surface area (Å²) in [5.41, 5.74) is 10.1. The van der Waals surface area contributed by atoms with Crippen LogP contribution in [0.2, 0.25) is 0 Å². The molecule has 13 rings (SSSR count). The molecule has 9 aromatic rings. The Morgan fingerprint density at radius 2 is 0.793 bits per heavy atom. The van der Waals surface area contributed by atoms with Gasteiger partial charge in [-0.3, -0.25) is 18.7 Å². The summed E-state index contributed by atoms with van der Waals surface area (Å²) in [4.78, 5) is 17.5. The van der Waals surface area contributed by atoms with Gasteiger partial charge in [0.25, 0.3) is 0 Å². The normalized spacial score (nSPS) is 13.6. The Kier molecular flexibility index (Phi) is 8.98. The van der Waals surface area contributed by atoms with E-state index in [1.54, 1.807) is 48.3 Å². The van der Waals surface area contributed by atoms with E-state index in [2.05, 4.69) is 68.9 Å². The van der Waals surface area contributed by atoms with Crippen LogP contribution in [0.3, 0.4) is 0 Å². The molecule has 0 aliphatic carbocycles. The minimum Gasteiger partial charge on any atom is -0.375 e. The molecule has 18 heteroatoms. The van der Waals surface area contributed by atoms with E-state index in [0.29, 0.717) is 0 Å². The maximum atomic E-state index is 5.13. The van der Waals surface area contributed by atoms with Gasteiger partial charge in [0.05, 0.1) is 0 Å². The van der Waals surface area contributed by atoms with Crippen molar-refractivity contribution in [3.8, 4) is 22.7 Å². The molecule has 0 atom stereocenters. The van der Waals surface area contributed by atoms with E-state index in [9.17, 15) is 0 Å². The van der Waals surface area contributed by atoms with Crippen molar-refractivity contribution in [2.24, 2.45) is 0 Å². The fourth-order valence-electron chi connectivity index (χ4n) is 8.01. The van der Waals surface area contributed by atoms with Crippen LogP contribution in [0.5, 0.6) is 0 Å². The molecule has 0 N–H and O–H groups in total. The molecule has 6 aromatic heterocycles. The molecule has 4 aliphatic rings. The van der Waals surface area contributed by atoms with Crippen molar-refractivity contribution in [3.63, 3.8) is 0 Å². The molecule has 58 heavy (non-hydrogen) atoms. The van der Waals surface area contributed by atoms with Gasteiger partial charge < -0.3 is 9.97 Å². The second kappa shape index (κ2) is 14.2. The van der Waals surface area contributed by atoms with Gasteiger partial charge in [-0.15, -0.1) is 45.4 Å². The van der Waals surface area contributed by atoms with Gasteiger partial charge >= 0.3 is 42.1 Å². The van der Waals surface area contributed by atoms with Crippen molar-refractivity contribution < 1.29 is 42.1 Å². The molecule has 278 valence electrons. The fourth-order valence-corrected chi connectivity index (χ4v) is 13.2. The third kappa shape index (κ3) is 5.48. The number of pyridine rings is 2. The van der Waals surface area contributed by atoms with E-state index in [4.69, 9.17) is 9.97 Å². The van der Waals surface area contributed by atoms with Crippen molar-refractivity contribution in [2.45, 2.75) is 39.4 Å². The summed E-state index contributed by atoms with van der Waals surface area (Å²) in [5.74, 6) is 0. The maximum Gasteiger partial charge on any atom is 2.00 e. The summed E-state index contributed by atoms with van der Waals surface area (Å²) in [6, 6.07) is 31.6. The minimum atomic E-state index is -0.175. The summed E-state index contributed by atoms with van der Waals surface area (Å²) in [5, 5.41) is 20.0. The Balaban J connectivity index is 0.00000193. The van der Waals surface area contributed by atoms with Gasteiger partial charge in [-0.2, -0.15) is 102 Å². The van der Waals surface area contributed by atoms with Crippen LogP contribution in [0, 0.1) is 24.3 Å². The van der Waals surface area contributed by atoms with Crippen molar-refractivity contribution >= 4 is 93.2 Å². The average molecular weight is 1180 g/mol. The van der Waals surface area contributed by atoms with Crippen molar-refractivity contribution in [2.75, 3.05) is 0 Å². The van der Waals surface area contributed by atoms with Crippen molar-refractivity contribution in [3.05, 3.63) is 135 Å². The van der Waals surface area contributed by atoms with Gasteiger partial charge in [0.1, 0.15) is 0 Å². The molecule has 10 nitrogen and oxygen atoms in total. The predicted octanol–water partition coefficient (Wildman–Crippen LogP) is 3.31. The molecule has 0 unspecified atom stereocenters. The zero-order valence-corrected chi connectivity index (χ0v) is 37.1. The number of rotatable bonds is 4. The van der Waals surface area contributed by atoms with E-state index >= 15 is 0 Å². The SMILES string of the molecule is [Pt+2].[Pt+2].[c-]1c(-n2cccn2)ccc2c1B1c3[c-]c(-n4cccn4)cnc3Sc3c4c5c(c(c31)S2)Sc1ccc(-n2cccn2)[c-]c1B5c1[c-]c(-n2cccn2)cnc1S4. The topological polar surface area (TPSA) is 97.1 Å². The van der Waals surface area contributed by atoms with E-state index in [-0.39, 0.29) is 55.6 Å². The van der Waals surface area contributed by atoms with Gasteiger partial charge in [-0.05, 0) is 68.0 Å². The van der Waals surface area contributed by atoms with Crippen LogP contribution < -0.4 is 32.8 Å². The van der Waals surface area contributed by atoms with E-state index in [1.807, 2.05) is 104 Å². The minimum absolute atomic E-state index is 0. The second-order valence-corrected chi connectivity index (χ2v) is 17.5. The van der Waals surface area contributed by atoms with Crippen LogP contribution in [0.1, 0.15) is 0 Å². The van der Waals surface area contributed by atoms with Gasteiger partial charge in [0.2, 0.25) is 0 Å². The molecule has 0 spiro atoms. The first-order valence-electron chi connectivity index (χ1n) is 17.7. The standard InChI is InChI=1S/C40H18B2N10S4.2Pt/c1-9-45-49(13-1)23-5-7-31-27(17-23)41-29-19-25(51-15-3-11-47-51)21-43-39(29)55-37-33(41)35(53-31)36-34-38(37)56-40-30(20-26(22-44-40)52-16-4-12-48-52)42(34)28-18-24(6-8-32(28)54-36)50-14-2-10-46-50;;/h1-16,21-22H;;/q-4;2*+2. The number of hydrogen-bond donors (Lipinski definition) is 0. The Morgan fingerprint density at radius 3 is 1.17 bits per heavy atom. The molecule has 0 amide bonds. The van der Waals surface area contributed by atoms with Crippen LogP contribution >= 0.6 is 47.0 Å². The fraction of sp³-hybridized carbons (Fsp3) is 0. The first kappa shape index (κ1) is 36.8. The quantitative estimate of drug-likeness (QED) is 0.193. The Bertz CT molecular complexity index is 2670. The summed E-state index contributed by atoms with van der Waals surface area (Å²) < 4.78 is 7.39. The van der Waals surface area contributed by atoms with Gasteiger partial charge in [0.15, 0.2) is 13.4 Å². The number of fused-ring (bicyclic) bond motifs is 10. The predicted molar refractivity (Wildman–Crippen MR) is 217 cm³/mol. The molecule has 0 bridgehead atoms. The summed E-state index contributed by atoms with van der Waals surface area (Å²) >= 11 is 7.11. The Hall–Kier alpha value is -4.29. The maximum absolute atomic E-state index is 5.13. The summed E-state index contributed by atoms with van der Waals surface area (Å²) in [7, 11) is 0. The van der Waals surface area contributed by atoms with Crippen LogP contribution in [-0.2, 0) is 42.1 Å². The van der Waals surface area contributed by atoms with E-state index in [1.165, 1.54) is 30.5 Å². The molecular weight excluding hydrogens is 1160 g/mol. The van der Waals surface area contributed by atoms with Crippen molar-refractivity contribution in [1.29, 1.82) is 0 Å². The molecular formula is C40H18B2N10Pt2S4. The molecule has 0 fully saturated rings. The average Bonchev–Trinajstić information content (AvgIpc) is 4.10. The van der Waals surface area contributed by atoms with Crippen LogP contribution in [-0.4, -0.2) is 62.5 Å². The Morgan fingerprint density at radius 1 is 0.431 bits per heavy atom. The van der Waals surface area contributed by atoms with E-state index in [0.717, 1.165) is 64.4 Å². The van der Waals surface area contributed by atoms with Crippen LogP contribution in [0.15, 0.2) is 150 Å². The van der Waals surface area contributed by atoms with Crippen LogP contribution in [0.4, 0.5) is 0 Å². The molecule has 0 saturated heterocycles. The first-order chi connectivity index (χ1) is 27.7. The third-order valence-electron chi connectivity index (χ3n) is 10.4. The first-order valence-corrected chi connectivity index (χ1v) is 20.9. The molecule has 0 radical (unpaired) electrons. The van der Waals surface area contributed by atoms with Gasteiger partial charge in [0, 0.05) is 69.2 Å². The second-order valence-electron chi connectivity index (χ2n) is 13.4. The molecule has 3 aromatic carbocycles. The molecule has 0 saturated carbocycles. The number of aromatic nitrogens is 10. The van der Waals surface area contributed by atoms with Gasteiger partial charge in [-0.25, -0.2) is 0 Å². The smallest absolute Gasteiger partial charge is 0.375 e. The summed E-state index contributed by atoms with van der Waals surface area (Å²) in [6.07, 6.45) is 18.7. The number of hydrogen-bond acceptors (Lipinski definition) is 10. The number of nitrogens with zero attached hydrogens (tertiary/aromatic N) is 10.